The maximum absolute atomic E-state index is 10.4. The van der Waals surface area contributed by atoms with E-state index in [4.69, 9.17) is 5.11 Å². The Bertz CT molecular complexity index is 309. The molecule has 5 heteroatoms. The number of nitrogens with zero attached hydrogens (tertiary/aromatic N) is 2. The number of nitrogens with one attached hydrogen (secondary N) is 1. The Morgan fingerprint density at radius 3 is 3.00 bits per heavy atom. The van der Waals surface area contributed by atoms with Crippen molar-refractivity contribution in [3.8, 4) is 0 Å². The summed E-state index contributed by atoms with van der Waals surface area (Å²) in [5.74, 6) is -0.786. The number of hydrogen-bond acceptors (Lipinski definition) is 3. The van der Waals surface area contributed by atoms with Gasteiger partial charge in [0.1, 0.15) is 0 Å². The smallest absolute Gasteiger partial charge is 0.304 e. The Labute approximate surface area is 82.7 Å². The molecule has 0 saturated heterocycles. The molecule has 0 amide bonds. The van der Waals surface area contributed by atoms with Gasteiger partial charge in [-0.1, -0.05) is 0 Å². The van der Waals surface area contributed by atoms with Crippen molar-refractivity contribution in [2.24, 2.45) is 7.05 Å². The summed E-state index contributed by atoms with van der Waals surface area (Å²) in [5, 5.41) is 15.8. The fourth-order valence-electron chi connectivity index (χ4n) is 1.17. The third-order valence-electron chi connectivity index (χ3n) is 1.88. The normalized spacial score (nSPS) is 12.7. The summed E-state index contributed by atoms with van der Waals surface area (Å²) >= 11 is 0. The predicted octanol–water partition coefficient (Wildman–Crippen LogP) is 0.373. The molecule has 1 atom stereocenters. The van der Waals surface area contributed by atoms with E-state index < -0.39 is 5.97 Å². The third-order valence-corrected chi connectivity index (χ3v) is 1.88. The van der Waals surface area contributed by atoms with Crippen molar-refractivity contribution < 1.29 is 9.90 Å². The summed E-state index contributed by atoms with van der Waals surface area (Å²) < 4.78 is 1.72. The van der Waals surface area contributed by atoms with Crippen molar-refractivity contribution in [1.29, 1.82) is 0 Å². The zero-order valence-corrected chi connectivity index (χ0v) is 8.40. The van der Waals surface area contributed by atoms with E-state index in [1.807, 2.05) is 26.2 Å². The zero-order chi connectivity index (χ0) is 10.6. The second kappa shape index (κ2) is 4.76. The number of carbonyl (C=O) groups is 1. The molecule has 0 saturated carbocycles. The predicted molar refractivity (Wildman–Crippen MR) is 51.8 cm³/mol. The van der Waals surface area contributed by atoms with Gasteiger partial charge < -0.3 is 10.4 Å². The van der Waals surface area contributed by atoms with Crippen LogP contribution < -0.4 is 5.32 Å². The molecule has 1 heterocycles. The second-order valence-corrected chi connectivity index (χ2v) is 3.36. The van der Waals surface area contributed by atoms with Gasteiger partial charge in [0.2, 0.25) is 0 Å². The lowest BCUT2D eigenvalue weighted by Crippen LogP contribution is -2.28. The maximum Gasteiger partial charge on any atom is 0.304 e. The largest absolute Gasteiger partial charge is 0.481 e. The minimum absolute atomic E-state index is 0.0329. The molecular weight excluding hydrogens is 182 g/mol. The van der Waals surface area contributed by atoms with Crippen molar-refractivity contribution in [3.05, 3.63) is 18.0 Å². The van der Waals surface area contributed by atoms with E-state index in [1.165, 1.54) is 0 Å². The van der Waals surface area contributed by atoms with E-state index in [9.17, 15) is 4.79 Å². The molecule has 0 aliphatic rings. The van der Waals surface area contributed by atoms with Gasteiger partial charge in [0.15, 0.2) is 0 Å². The molecule has 1 unspecified atom stereocenters. The fraction of sp³-hybridized carbons (Fsp3) is 0.556. The molecule has 14 heavy (non-hydrogen) atoms. The van der Waals surface area contributed by atoms with Crippen molar-refractivity contribution in [3.63, 3.8) is 0 Å². The Morgan fingerprint density at radius 2 is 2.50 bits per heavy atom. The number of hydrogen-bond donors (Lipinski definition) is 2. The first-order valence-corrected chi connectivity index (χ1v) is 4.51. The number of aromatic nitrogens is 2. The van der Waals surface area contributed by atoms with Gasteiger partial charge in [0.25, 0.3) is 0 Å². The zero-order valence-electron chi connectivity index (χ0n) is 8.40. The molecule has 0 fully saturated rings. The topological polar surface area (TPSA) is 67.2 Å². The highest BCUT2D eigenvalue weighted by Gasteiger charge is 2.06. The minimum Gasteiger partial charge on any atom is -0.481 e. The summed E-state index contributed by atoms with van der Waals surface area (Å²) in [7, 11) is 1.85. The lowest BCUT2D eigenvalue weighted by molar-refractivity contribution is -0.137. The van der Waals surface area contributed by atoms with Crippen molar-refractivity contribution in [1.82, 2.24) is 15.1 Å². The lowest BCUT2D eigenvalue weighted by Gasteiger charge is -2.09. The average Bonchev–Trinajstić information content (AvgIpc) is 2.47. The molecule has 0 aliphatic carbocycles. The van der Waals surface area contributed by atoms with Gasteiger partial charge in [0.05, 0.1) is 12.1 Å². The van der Waals surface area contributed by atoms with Crippen LogP contribution in [0.25, 0.3) is 0 Å². The van der Waals surface area contributed by atoms with Crippen molar-refractivity contribution >= 4 is 5.97 Å². The summed E-state index contributed by atoms with van der Waals surface area (Å²) in [6.07, 6.45) is 1.99. The van der Waals surface area contributed by atoms with Crippen LogP contribution in [0.4, 0.5) is 0 Å². The Balaban J connectivity index is 2.30. The van der Waals surface area contributed by atoms with E-state index >= 15 is 0 Å². The van der Waals surface area contributed by atoms with Crippen LogP contribution >= 0.6 is 0 Å². The van der Waals surface area contributed by atoms with Gasteiger partial charge in [-0.15, -0.1) is 0 Å². The monoisotopic (exact) mass is 197 g/mol. The standard InChI is InChI=1S/C9H15N3O2/c1-7(5-9(13)14)10-6-8-3-4-12(2)11-8/h3-4,7,10H,5-6H2,1-2H3,(H,13,14). The molecule has 5 nitrogen and oxygen atoms in total. The second-order valence-electron chi connectivity index (χ2n) is 3.36. The van der Waals surface area contributed by atoms with Gasteiger partial charge in [-0.2, -0.15) is 5.10 Å². The summed E-state index contributed by atoms with van der Waals surface area (Å²) in [6, 6.07) is 1.87. The first kappa shape index (κ1) is 10.7. The SMILES string of the molecule is CC(CC(=O)O)NCc1ccn(C)n1. The molecule has 0 bridgehead atoms. The van der Waals surface area contributed by atoms with Crippen LogP contribution in [0, 0.1) is 0 Å². The van der Waals surface area contributed by atoms with E-state index in [1.54, 1.807) is 4.68 Å². The van der Waals surface area contributed by atoms with Crippen LogP contribution in [0.2, 0.25) is 0 Å². The highest BCUT2D eigenvalue weighted by molar-refractivity contribution is 5.67. The molecule has 0 radical (unpaired) electrons. The van der Waals surface area contributed by atoms with Gasteiger partial charge in [-0.05, 0) is 13.0 Å². The molecular formula is C9H15N3O2. The average molecular weight is 197 g/mol. The summed E-state index contributed by atoms with van der Waals surface area (Å²) in [6.45, 7) is 2.45. The van der Waals surface area contributed by atoms with Crippen LogP contribution in [-0.4, -0.2) is 26.9 Å². The van der Waals surface area contributed by atoms with Gasteiger partial charge in [0, 0.05) is 25.8 Å². The third kappa shape index (κ3) is 3.57. The first-order valence-electron chi connectivity index (χ1n) is 4.51. The lowest BCUT2D eigenvalue weighted by atomic mass is 10.2. The van der Waals surface area contributed by atoms with Crippen molar-refractivity contribution in [2.75, 3.05) is 0 Å². The van der Waals surface area contributed by atoms with Crippen LogP contribution in [0.15, 0.2) is 12.3 Å². The number of aryl methyl sites for hydroxylation is 1. The molecule has 78 valence electrons. The first-order chi connectivity index (χ1) is 6.58. The molecule has 1 rings (SSSR count). The van der Waals surface area contributed by atoms with E-state index in [-0.39, 0.29) is 12.5 Å². The molecule has 0 aromatic carbocycles. The Morgan fingerprint density at radius 1 is 1.79 bits per heavy atom. The highest BCUT2D eigenvalue weighted by atomic mass is 16.4. The molecule has 1 aromatic rings. The number of rotatable bonds is 5. The summed E-state index contributed by atoms with van der Waals surface area (Å²) in [5.41, 5.74) is 0.921. The number of aliphatic carboxylic acids is 1. The van der Waals surface area contributed by atoms with Gasteiger partial charge in [-0.25, -0.2) is 0 Å². The molecule has 1 aromatic heterocycles. The number of carboxylic acid groups (broad SMARTS) is 1. The molecule has 0 aliphatic heterocycles. The van der Waals surface area contributed by atoms with Crippen LogP contribution in [0.1, 0.15) is 19.0 Å². The number of carboxylic acids is 1. The van der Waals surface area contributed by atoms with Gasteiger partial charge >= 0.3 is 5.97 Å². The fourth-order valence-corrected chi connectivity index (χ4v) is 1.17. The minimum atomic E-state index is -0.786. The van der Waals surface area contributed by atoms with Crippen LogP contribution in [0.3, 0.4) is 0 Å². The van der Waals surface area contributed by atoms with E-state index in [2.05, 4.69) is 10.4 Å². The molecule has 2 N–H and O–H groups in total. The van der Waals surface area contributed by atoms with E-state index in [0.717, 1.165) is 5.69 Å². The van der Waals surface area contributed by atoms with Gasteiger partial charge in [-0.3, -0.25) is 9.48 Å². The van der Waals surface area contributed by atoms with Crippen molar-refractivity contribution in [2.45, 2.75) is 25.9 Å². The maximum atomic E-state index is 10.4. The highest BCUT2D eigenvalue weighted by Crippen LogP contribution is 1.96. The van der Waals surface area contributed by atoms with Crippen LogP contribution in [0.5, 0.6) is 0 Å². The van der Waals surface area contributed by atoms with Crippen LogP contribution in [-0.2, 0) is 18.4 Å². The molecule has 0 spiro atoms. The Kier molecular flexibility index (Phi) is 3.64. The quantitative estimate of drug-likeness (QED) is 0.715. The van der Waals surface area contributed by atoms with E-state index in [0.29, 0.717) is 6.54 Å². The Hall–Kier alpha value is -1.36. The summed E-state index contributed by atoms with van der Waals surface area (Å²) in [4.78, 5) is 10.4.